The number of nitrogens with zero attached hydrogens (tertiary/aromatic N) is 8. The number of nitrogens with one attached hydrogen (secondary N) is 1. The fraction of sp³-hybridized carbons (Fsp3) is 0.444. The van der Waals surface area contributed by atoms with Crippen LogP contribution >= 0.6 is 11.3 Å². The minimum Gasteiger partial charge on any atom is -0.395 e. The lowest BCUT2D eigenvalue weighted by atomic mass is 10.2. The first-order chi connectivity index (χ1) is 19.1. The molecular formula is C27H31N9O2S. The standard InChI is InChI=1S/C27H31N9O2S/c1-17-8-25(33-27(30-17)36-16-20-10-21(36)15-35(20)2-5-37)32-24-11-22-23(14-29-24)39-26(31-22)18-9-19(13-28-12-18)34-3-6-38-7-4-34/h8-9,11-14,20-21,37H,2-7,10,15-16H2,1H3,(H,29,30,32,33)/t20-,21-/m0/s1. The lowest BCUT2D eigenvalue weighted by Gasteiger charge is -2.34. The number of anilines is 4. The van der Waals surface area contributed by atoms with Crippen LogP contribution in [0.2, 0.25) is 0 Å². The number of aliphatic hydroxyl groups is 1. The van der Waals surface area contributed by atoms with Crippen molar-refractivity contribution in [2.75, 3.05) is 67.7 Å². The number of β-amino-alcohol motifs (C(OH)–C–C–N with tert-alkyl or cyclic N) is 1. The van der Waals surface area contributed by atoms with Gasteiger partial charge in [0.2, 0.25) is 5.95 Å². The Hall–Kier alpha value is -3.45. The molecule has 0 aromatic carbocycles. The highest BCUT2D eigenvalue weighted by atomic mass is 32.1. The summed E-state index contributed by atoms with van der Waals surface area (Å²) >= 11 is 1.62. The molecule has 2 N–H and O–H groups in total. The third-order valence-electron chi connectivity index (χ3n) is 7.72. The van der Waals surface area contributed by atoms with Crippen molar-refractivity contribution in [3.8, 4) is 10.6 Å². The van der Waals surface area contributed by atoms with Gasteiger partial charge in [-0.15, -0.1) is 11.3 Å². The van der Waals surface area contributed by atoms with Crippen molar-refractivity contribution in [3.05, 3.63) is 42.5 Å². The first-order valence-electron chi connectivity index (χ1n) is 13.4. The summed E-state index contributed by atoms with van der Waals surface area (Å²) in [7, 11) is 0. The molecule has 3 saturated heterocycles. The van der Waals surface area contributed by atoms with Crippen molar-refractivity contribution in [2.45, 2.75) is 25.4 Å². The number of pyridine rings is 2. The lowest BCUT2D eigenvalue weighted by molar-refractivity contribution is 0.122. The molecule has 12 heteroatoms. The molecule has 4 aromatic heterocycles. The minimum atomic E-state index is 0.202. The molecule has 7 rings (SSSR count). The number of piperazine rings is 1. The van der Waals surface area contributed by atoms with Crippen molar-refractivity contribution in [1.29, 1.82) is 0 Å². The van der Waals surface area contributed by atoms with E-state index in [0.717, 1.165) is 96.3 Å². The minimum absolute atomic E-state index is 0.202. The lowest BCUT2D eigenvalue weighted by Crippen LogP contribution is -2.47. The van der Waals surface area contributed by atoms with Gasteiger partial charge >= 0.3 is 0 Å². The zero-order valence-corrected chi connectivity index (χ0v) is 22.6. The van der Waals surface area contributed by atoms with Crippen LogP contribution < -0.4 is 15.1 Å². The summed E-state index contributed by atoms with van der Waals surface area (Å²) in [5.41, 5.74) is 3.89. The van der Waals surface area contributed by atoms with Gasteiger partial charge in [-0.1, -0.05) is 0 Å². The van der Waals surface area contributed by atoms with Crippen LogP contribution in [-0.4, -0.2) is 99.6 Å². The number of fused-ring (bicyclic) bond motifs is 3. The molecule has 0 unspecified atom stereocenters. The second-order valence-corrected chi connectivity index (χ2v) is 11.4. The number of rotatable bonds is 7. The monoisotopic (exact) mass is 545 g/mol. The number of morpholine rings is 1. The first kappa shape index (κ1) is 24.6. The van der Waals surface area contributed by atoms with E-state index < -0.39 is 0 Å². The van der Waals surface area contributed by atoms with E-state index in [9.17, 15) is 5.11 Å². The highest BCUT2D eigenvalue weighted by Crippen LogP contribution is 2.35. The topological polar surface area (TPSA) is 116 Å². The highest BCUT2D eigenvalue weighted by molar-refractivity contribution is 7.21. The van der Waals surface area contributed by atoms with Crippen LogP contribution in [0.3, 0.4) is 0 Å². The maximum absolute atomic E-state index is 9.33. The molecule has 2 bridgehead atoms. The number of thiazole rings is 1. The van der Waals surface area contributed by atoms with Crippen LogP contribution in [0.5, 0.6) is 0 Å². The van der Waals surface area contributed by atoms with Gasteiger partial charge in [-0.05, 0) is 19.4 Å². The quantitative estimate of drug-likeness (QED) is 0.357. The Morgan fingerprint density at radius 2 is 1.92 bits per heavy atom. The second kappa shape index (κ2) is 10.3. The Labute approximate surface area is 230 Å². The Morgan fingerprint density at radius 1 is 1.03 bits per heavy atom. The van der Waals surface area contributed by atoms with Crippen LogP contribution in [0.25, 0.3) is 20.8 Å². The number of hydrogen-bond acceptors (Lipinski definition) is 12. The molecule has 39 heavy (non-hydrogen) atoms. The molecule has 0 spiro atoms. The Bertz CT molecular complexity index is 1490. The molecular weight excluding hydrogens is 514 g/mol. The average molecular weight is 546 g/mol. The van der Waals surface area contributed by atoms with Gasteiger partial charge in [-0.2, -0.15) is 4.98 Å². The molecule has 2 atom stereocenters. The Kier molecular flexibility index (Phi) is 6.47. The maximum Gasteiger partial charge on any atom is 0.227 e. The van der Waals surface area contributed by atoms with Crippen molar-refractivity contribution in [3.63, 3.8) is 0 Å². The molecule has 11 nitrogen and oxygen atoms in total. The maximum atomic E-state index is 9.33. The Morgan fingerprint density at radius 3 is 2.74 bits per heavy atom. The molecule has 3 aliphatic heterocycles. The largest absolute Gasteiger partial charge is 0.395 e. The number of aromatic nitrogens is 5. The molecule has 0 radical (unpaired) electrons. The molecule has 202 valence electrons. The number of ether oxygens (including phenoxy) is 1. The summed E-state index contributed by atoms with van der Waals surface area (Å²) in [5, 5.41) is 13.6. The number of aryl methyl sites for hydroxylation is 1. The van der Waals surface area contributed by atoms with Gasteiger partial charge in [0.15, 0.2) is 0 Å². The normalized spacial score (nSPS) is 21.3. The third kappa shape index (κ3) is 4.89. The summed E-state index contributed by atoms with van der Waals surface area (Å²) in [6.45, 7) is 7.98. The third-order valence-corrected chi connectivity index (χ3v) is 8.77. The van der Waals surface area contributed by atoms with Crippen LogP contribution in [0.4, 0.5) is 23.3 Å². The second-order valence-electron chi connectivity index (χ2n) is 10.3. The van der Waals surface area contributed by atoms with Gasteiger partial charge in [0.05, 0.1) is 41.9 Å². The summed E-state index contributed by atoms with van der Waals surface area (Å²) in [4.78, 5) is 30.6. The predicted octanol–water partition coefficient (Wildman–Crippen LogP) is 2.69. The average Bonchev–Trinajstić information content (AvgIpc) is 3.68. The van der Waals surface area contributed by atoms with Gasteiger partial charge in [0.25, 0.3) is 0 Å². The van der Waals surface area contributed by atoms with Gasteiger partial charge < -0.3 is 25.0 Å². The predicted molar refractivity (Wildman–Crippen MR) is 152 cm³/mol. The highest BCUT2D eigenvalue weighted by Gasteiger charge is 2.44. The fourth-order valence-corrected chi connectivity index (χ4v) is 6.74. The van der Waals surface area contributed by atoms with Gasteiger partial charge in [0, 0.05) is 80.6 Å². The molecule has 3 aliphatic rings. The van der Waals surface area contributed by atoms with Crippen LogP contribution in [-0.2, 0) is 4.74 Å². The summed E-state index contributed by atoms with van der Waals surface area (Å²) in [6, 6.07) is 6.90. The van der Waals surface area contributed by atoms with E-state index >= 15 is 0 Å². The van der Waals surface area contributed by atoms with Crippen LogP contribution in [0, 0.1) is 6.92 Å². The Balaban J connectivity index is 1.10. The van der Waals surface area contributed by atoms with E-state index in [4.69, 9.17) is 19.7 Å². The van der Waals surface area contributed by atoms with E-state index in [-0.39, 0.29) is 6.61 Å². The van der Waals surface area contributed by atoms with Crippen LogP contribution in [0.15, 0.2) is 36.8 Å². The number of likely N-dealkylation sites (tertiary alicyclic amines) is 1. The number of aliphatic hydroxyl groups excluding tert-OH is 1. The van der Waals surface area contributed by atoms with E-state index in [2.05, 4.69) is 36.1 Å². The summed E-state index contributed by atoms with van der Waals surface area (Å²) in [5.74, 6) is 2.16. The molecule has 4 aromatic rings. The smallest absolute Gasteiger partial charge is 0.227 e. The van der Waals surface area contributed by atoms with Crippen molar-refractivity contribution in [1.82, 2.24) is 29.8 Å². The zero-order chi connectivity index (χ0) is 26.3. The van der Waals surface area contributed by atoms with Crippen molar-refractivity contribution >= 4 is 44.8 Å². The fourth-order valence-electron chi connectivity index (χ4n) is 5.84. The van der Waals surface area contributed by atoms with Crippen molar-refractivity contribution < 1.29 is 9.84 Å². The van der Waals surface area contributed by atoms with Crippen molar-refractivity contribution in [2.24, 2.45) is 0 Å². The van der Waals surface area contributed by atoms with E-state index in [1.54, 1.807) is 11.3 Å². The summed E-state index contributed by atoms with van der Waals surface area (Å²) in [6.07, 6.45) is 6.73. The zero-order valence-electron chi connectivity index (χ0n) is 21.8. The molecule has 0 aliphatic carbocycles. The van der Waals surface area contributed by atoms with E-state index in [1.165, 1.54) is 0 Å². The number of hydrogen-bond donors (Lipinski definition) is 2. The SMILES string of the molecule is Cc1cc(Nc2cc3nc(-c4cncc(N5CCOCC5)c4)sc3cn2)nc(N2C[C@@H]3C[C@H]2CN3CCO)n1. The van der Waals surface area contributed by atoms with Gasteiger partial charge in [-0.3, -0.25) is 9.88 Å². The van der Waals surface area contributed by atoms with Gasteiger partial charge in [-0.25, -0.2) is 15.0 Å². The molecule has 0 saturated carbocycles. The molecule has 0 amide bonds. The molecule has 3 fully saturated rings. The molecule has 7 heterocycles. The van der Waals surface area contributed by atoms with E-state index in [1.807, 2.05) is 37.6 Å². The summed E-state index contributed by atoms with van der Waals surface area (Å²) < 4.78 is 6.51. The first-order valence-corrected chi connectivity index (χ1v) is 14.2. The van der Waals surface area contributed by atoms with Gasteiger partial charge in [0.1, 0.15) is 16.6 Å². The van der Waals surface area contributed by atoms with Crippen LogP contribution in [0.1, 0.15) is 12.1 Å². The van der Waals surface area contributed by atoms with E-state index in [0.29, 0.717) is 17.9 Å².